The number of hydrogen-bond donors (Lipinski definition) is 1. The highest BCUT2D eigenvalue weighted by molar-refractivity contribution is 9.18. The summed E-state index contributed by atoms with van der Waals surface area (Å²) >= 11 is 9.55. The first-order valence-corrected chi connectivity index (χ1v) is 8.35. The van der Waals surface area contributed by atoms with Gasteiger partial charge in [0.2, 0.25) is 0 Å². The van der Waals surface area contributed by atoms with Crippen molar-refractivity contribution < 1.29 is 18.3 Å². The number of halogens is 5. The monoisotopic (exact) mass is 431 g/mol. The molecule has 2 aromatic carbocycles. The summed E-state index contributed by atoms with van der Waals surface area (Å²) in [4.78, 5) is 4.29. The van der Waals surface area contributed by atoms with Gasteiger partial charge >= 0.3 is 0 Å². The van der Waals surface area contributed by atoms with Gasteiger partial charge in [0.15, 0.2) is 22.9 Å². The van der Waals surface area contributed by atoms with E-state index in [1.54, 1.807) is 6.92 Å². The van der Waals surface area contributed by atoms with Crippen molar-refractivity contribution in [2.24, 2.45) is 4.99 Å². The highest BCUT2D eigenvalue weighted by Gasteiger charge is 2.50. The molecule has 1 unspecified atom stereocenters. The summed E-state index contributed by atoms with van der Waals surface area (Å²) in [5.74, 6) is -2.17. The van der Waals surface area contributed by atoms with Gasteiger partial charge in [-0.25, -0.2) is 13.2 Å². The van der Waals surface area contributed by atoms with E-state index in [1.165, 1.54) is 18.2 Å². The van der Waals surface area contributed by atoms with Crippen LogP contribution in [0.2, 0.25) is 5.02 Å². The number of rotatable bonds is 3. The molecule has 0 spiro atoms. The third-order valence-electron chi connectivity index (χ3n) is 4.05. The van der Waals surface area contributed by atoms with Crippen LogP contribution in [0.3, 0.4) is 0 Å². The van der Waals surface area contributed by atoms with E-state index < -0.39 is 28.5 Å². The minimum absolute atomic E-state index is 0.00793. The van der Waals surface area contributed by atoms with Crippen molar-refractivity contribution in [3.63, 3.8) is 0 Å². The quantitative estimate of drug-likeness (QED) is 0.512. The molecule has 0 fully saturated rings. The molecule has 0 amide bonds. The van der Waals surface area contributed by atoms with E-state index >= 15 is 0 Å². The summed E-state index contributed by atoms with van der Waals surface area (Å²) in [6.07, 6.45) is 0. The first kappa shape index (κ1) is 18.1. The molecule has 1 aliphatic rings. The first-order valence-electron chi connectivity index (χ1n) is 7.18. The van der Waals surface area contributed by atoms with E-state index in [1.807, 2.05) is 0 Å². The standard InChI is InChI=1S/C17H12BrClF3N2O/c1-9-16(8-25)24(17(18)23-9,14-4-2-10(20)6-12(14)19)15-5-3-11(21)7-13(15)22/h2-7,25H,8H2,1H3/q+1. The van der Waals surface area contributed by atoms with Gasteiger partial charge in [0, 0.05) is 34.1 Å². The Hall–Kier alpha value is -1.67. The second-order valence-electron chi connectivity index (χ2n) is 5.43. The molecule has 130 valence electrons. The summed E-state index contributed by atoms with van der Waals surface area (Å²) < 4.78 is 41.3. The van der Waals surface area contributed by atoms with Crippen LogP contribution < -0.4 is 4.48 Å². The third kappa shape index (κ3) is 2.71. The van der Waals surface area contributed by atoms with E-state index in [2.05, 4.69) is 20.9 Å². The topological polar surface area (TPSA) is 32.6 Å². The van der Waals surface area contributed by atoms with E-state index in [0.717, 1.165) is 18.2 Å². The molecule has 0 saturated heterocycles. The average Bonchev–Trinajstić information content (AvgIpc) is 2.78. The van der Waals surface area contributed by atoms with Crippen LogP contribution in [0.5, 0.6) is 0 Å². The van der Waals surface area contributed by atoms with Crippen LogP contribution in [0.25, 0.3) is 0 Å². The molecule has 0 bridgehead atoms. The summed E-state index contributed by atoms with van der Waals surface area (Å²) in [6.45, 7) is 1.18. The van der Waals surface area contributed by atoms with Crippen LogP contribution in [0.15, 0.2) is 52.8 Å². The molecule has 2 aromatic rings. The van der Waals surface area contributed by atoms with Crippen LogP contribution in [0.4, 0.5) is 24.5 Å². The molecule has 1 atom stereocenters. The van der Waals surface area contributed by atoms with Gasteiger partial charge < -0.3 is 5.11 Å². The largest absolute Gasteiger partial charge is 0.386 e. The fourth-order valence-electron chi connectivity index (χ4n) is 2.98. The highest BCUT2D eigenvalue weighted by atomic mass is 79.9. The third-order valence-corrected chi connectivity index (χ3v) is 5.06. The molecule has 1 aliphatic heterocycles. The normalized spacial score (nSPS) is 20.2. The van der Waals surface area contributed by atoms with Crippen molar-refractivity contribution in [1.29, 1.82) is 0 Å². The number of quaternary nitrogens is 1. The number of nitrogens with zero attached hydrogens (tertiary/aromatic N) is 2. The predicted molar refractivity (Wildman–Crippen MR) is 95.4 cm³/mol. The van der Waals surface area contributed by atoms with Gasteiger partial charge in [-0.15, -0.1) is 0 Å². The Labute approximate surface area is 155 Å². The maximum Gasteiger partial charge on any atom is 0.287 e. The number of amidine groups is 1. The lowest BCUT2D eigenvalue weighted by Gasteiger charge is -2.34. The summed E-state index contributed by atoms with van der Waals surface area (Å²) in [6, 6.07) is 6.71. The molecule has 1 heterocycles. The van der Waals surface area contributed by atoms with Crippen LogP contribution in [0.1, 0.15) is 6.92 Å². The van der Waals surface area contributed by atoms with E-state index in [-0.39, 0.29) is 21.1 Å². The van der Waals surface area contributed by atoms with Gasteiger partial charge in [-0.05, 0) is 25.1 Å². The molecule has 25 heavy (non-hydrogen) atoms. The number of allylic oxidation sites excluding steroid dienone is 1. The van der Waals surface area contributed by atoms with Crippen LogP contribution in [-0.2, 0) is 0 Å². The minimum Gasteiger partial charge on any atom is -0.386 e. The average molecular weight is 433 g/mol. The van der Waals surface area contributed by atoms with Gasteiger partial charge in [-0.2, -0.15) is 9.48 Å². The van der Waals surface area contributed by atoms with Crippen LogP contribution in [-0.4, -0.2) is 16.5 Å². The lowest BCUT2D eigenvalue weighted by Crippen LogP contribution is -2.46. The Bertz CT molecular complexity index is 879. The zero-order chi connectivity index (χ0) is 18.4. The number of benzene rings is 2. The Kier molecular flexibility index (Phi) is 4.76. The molecule has 0 aliphatic carbocycles. The van der Waals surface area contributed by atoms with Gasteiger partial charge in [-0.1, -0.05) is 11.6 Å². The van der Waals surface area contributed by atoms with E-state index in [4.69, 9.17) is 11.6 Å². The zero-order valence-corrected chi connectivity index (χ0v) is 15.2. The van der Waals surface area contributed by atoms with Crippen molar-refractivity contribution in [2.45, 2.75) is 6.92 Å². The minimum atomic E-state index is -0.854. The van der Waals surface area contributed by atoms with Crippen LogP contribution in [0, 0.1) is 17.5 Å². The summed E-state index contributed by atoms with van der Waals surface area (Å²) in [5, 5.41) is 9.93. The predicted octanol–water partition coefficient (Wildman–Crippen LogP) is 5.38. The molecular formula is C17H12BrClF3N2O+. The second-order valence-corrected chi connectivity index (χ2v) is 6.55. The Morgan fingerprint density at radius 3 is 2.24 bits per heavy atom. The molecule has 0 radical (unpaired) electrons. The maximum absolute atomic E-state index is 14.7. The molecular weight excluding hydrogens is 421 g/mol. The molecule has 0 aromatic heterocycles. The molecule has 8 heteroatoms. The van der Waals surface area contributed by atoms with Crippen molar-refractivity contribution >= 4 is 43.7 Å². The second kappa shape index (κ2) is 6.57. The van der Waals surface area contributed by atoms with Crippen molar-refractivity contribution in [3.05, 3.63) is 70.3 Å². The van der Waals surface area contributed by atoms with Gasteiger partial charge in [0.05, 0.1) is 0 Å². The van der Waals surface area contributed by atoms with Gasteiger partial charge in [0.25, 0.3) is 4.74 Å². The number of aliphatic hydroxyl groups is 1. The summed E-state index contributed by atoms with van der Waals surface area (Å²) in [7, 11) is 0. The molecule has 1 N–H and O–H groups in total. The SMILES string of the molecule is CC1=C(CO)[N+](c2ccc(F)cc2F)(c2ccc(F)cc2Cl)C(Br)=N1. The zero-order valence-electron chi connectivity index (χ0n) is 12.9. The lowest BCUT2D eigenvalue weighted by molar-refractivity contribution is 0.309. The van der Waals surface area contributed by atoms with Crippen molar-refractivity contribution in [1.82, 2.24) is 4.48 Å². The van der Waals surface area contributed by atoms with Gasteiger partial charge in [-0.3, -0.25) is 0 Å². The Morgan fingerprint density at radius 2 is 1.68 bits per heavy atom. The Morgan fingerprint density at radius 1 is 1.08 bits per heavy atom. The first-order chi connectivity index (χ1) is 11.8. The smallest absolute Gasteiger partial charge is 0.287 e. The van der Waals surface area contributed by atoms with Crippen molar-refractivity contribution in [2.75, 3.05) is 6.61 Å². The lowest BCUT2D eigenvalue weighted by atomic mass is 10.1. The molecule has 3 rings (SSSR count). The van der Waals surface area contributed by atoms with Crippen molar-refractivity contribution in [3.8, 4) is 0 Å². The fraction of sp³-hybridized carbons (Fsp3) is 0.118. The van der Waals surface area contributed by atoms with Crippen LogP contribution >= 0.6 is 27.5 Å². The van der Waals surface area contributed by atoms with E-state index in [9.17, 15) is 18.3 Å². The molecule has 3 nitrogen and oxygen atoms in total. The number of aliphatic imine (C=N–C) groups is 1. The fourth-order valence-corrected chi connectivity index (χ4v) is 4.13. The molecule has 0 saturated carbocycles. The number of aliphatic hydroxyl groups excluding tert-OH is 1. The Balaban J connectivity index is 2.44. The highest BCUT2D eigenvalue weighted by Crippen LogP contribution is 2.49. The summed E-state index contributed by atoms with van der Waals surface area (Å²) in [5.41, 5.74) is 1.01. The maximum atomic E-state index is 14.7. The number of hydrogen-bond acceptors (Lipinski definition) is 2. The van der Waals surface area contributed by atoms with Gasteiger partial charge in [0.1, 0.15) is 29.0 Å². The van der Waals surface area contributed by atoms with E-state index in [0.29, 0.717) is 11.4 Å².